The molecule has 0 aliphatic carbocycles. The van der Waals surface area contributed by atoms with E-state index in [1.807, 2.05) is 60.8 Å². The van der Waals surface area contributed by atoms with Crippen LogP contribution >= 0.6 is 11.3 Å². The van der Waals surface area contributed by atoms with E-state index in [4.69, 9.17) is 9.47 Å². The molecular formula is C19H19N3O2S. The summed E-state index contributed by atoms with van der Waals surface area (Å²) in [5.74, 6) is 1.61. The molecule has 0 saturated carbocycles. The summed E-state index contributed by atoms with van der Waals surface area (Å²) in [4.78, 5) is 4.30. The topological polar surface area (TPSA) is 55.7 Å². The lowest BCUT2D eigenvalue weighted by molar-refractivity contribution is 0.305. The van der Waals surface area contributed by atoms with Crippen LogP contribution in [0.15, 0.2) is 59.0 Å². The normalized spacial score (nSPS) is 10.8. The fraction of sp³-hybridized carbons (Fsp3) is 0.158. The predicted octanol–water partition coefficient (Wildman–Crippen LogP) is 4.49. The Kier molecular flexibility index (Phi) is 5.64. The summed E-state index contributed by atoms with van der Waals surface area (Å²) >= 11 is 1.53. The van der Waals surface area contributed by atoms with Gasteiger partial charge in [-0.3, -0.25) is 5.43 Å². The van der Waals surface area contributed by atoms with Crippen molar-refractivity contribution in [3.05, 3.63) is 70.7 Å². The molecule has 25 heavy (non-hydrogen) atoms. The summed E-state index contributed by atoms with van der Waals surface area (Å²) in [7, 11) is 1.66. The number of hydrazone groups is 1. The van der Waals surface area contributed by atoms with Gasteiger partial charge < -0.3 is 9.47 Å². The van der Waals surface area contributed by atoms with Crippen LogP contribution in [0.2, 0.25) is 0 Å². The molecule has 0 bridgehead atoms. The van der Waals surface area contributed by atoms with Crippen molar-refractivity contribution in [3.63, 3.8) is 0 Å². The lowest BCUT2D eigenvalue weighted by Gasteiger charge is -2.08. The van der Waals surface area contributed by atoms with Gasteiger partial charge in [0.25, 0.3) is 0 Å². The Hall–Kier alpha value is -2.86. The van der Waals surface area contributed by atoms with Gasteiger partial charge in [-0.1, -0.05) is 24.3 Å². The number of benzene rings is 2. The largest absolute Gasteiger partial charge is 0.497 e. The first-order valence-corrected chi connectivity index (χ1v) is 8.68. The van der Waals surface area contributed by atoms with Gasteiger partial charge in [0.15, 0.2) is 0 Å². The second-order valence-electron chi connectivity index (χ2n) is 5.38. The molecule has 0 spiro atoms. The van der Waals surface area contributed by atoms with E-state index in [0.29, 0.717) is 6.61 Å². The van der Waals surface area contributed by atoms with Crippen molar-refractivity contribution < 1.29 is 9.47 Å². The standard InChI is InChI=1S/C19H19N3O2S/c1-14-13-25-19(21-14)22-20-11-15-5-3-8-18(9-15)24-12-16-6-4-7-17(10-16)23-2/h3-11,13H,12H2,1-2H3,(H,21,22). The summed E-state index contributed by atoms with van der Waals surface area (Å²) in [6.07, 6.45) is 1.75. The molecule has 3 rings (SSSR count). The first-order valence-electron chi connectivity index (χ1n) is 7.80. The number of hydrogen-bond acceptors (Lipinski definition) is 6. The van der Waals surface area contributed by atoms with E-state index in [9.17, 15) is 0 Å². The third-order valence-corrected chi connectivity index (χ3v) is 4.26. The molecule has 1 aromatic heterocycles. The van der Waals surface area contributed by atoms with Gasteiger partial charge in [0.1, 0.15) is 18.1 Å². The molecule has 0 unspecified atom stereocenters. The molecule has 0 aliphatic rings. The van der Waals surface area contributed by atoms with E-state index in [2.05, 4.69) is 15.5 Å². The Morgan fingerprint density at radius 1 is 1.16 bits per heavy atom. The van der Waals surface area contributed by atoms with Crippen molar-refractivity contribution in [3.8, 4) is 11.5 Å². The molecule has 5 nitrogen and oxygen atoms in total. The number of rotatable bonds is 7. The van der Waals surface area contributed by atoms with Gasteiger partial charge in [0.05, 0.1) is 19.0 Å². The Balaban J connectivity index is 1.59. The van der Waals surface area contributed by atoms with Crippen LogP contribution < -0.4 is 14.9 Å². The highest BCUT2D eigenvalue weighted by molar-refractivity contribution is 7.13. The van der Waals surface area contributed by atoms with E-state index < -0.39 is 0 Å². The van der Waals surface area contributed by atoms with Crippen molar-refractivity contribution in [1.29, 1.82) is 0 Å². The number of methoxy groups -OCH3 is 1. The highest BCUT2D eigenvalue weighted by Gasteiger charge is 2.00. The Bertz CT molecular complexity index is 861. The molecule has 0 atom stereocenters. The van der Waals surface area contributed by atoms with Crippen molar-refractivity contribution in [2.45, 2.75) is 13.5 Å². The van der Waals surface area contributed by atoms with Gasteiger partial charge in [-0.25, -0.2) is 4.98 Å². The summed E-state index contributed by atoms with van der Waals surface area (Å²) in [5.41, 5.74) is 5.91. The van der Waals surface area contributed by atoms with E-state index in [0.717, 1.165) is 33.5 Å². The maximum Gasteiger partial charge on any atom is 0.203 e. The highest BCUT2D eigenvalue weighted by atomic mass is 32.1. The number of anilines is 1. The fourth-order valence-corrected chi connectivity index (χ4v) is 2.82. The van der Waals surface area contributed by atoms with E-state index >= 15 is 0 Å². The molecule has 128 valence electrons. The van der Waals surface area contributed by atoms with Crippen LogP contribution in [0, 0.1) is 6.92 Å². The lowest BCUT2D eigenvalue weighted by Crippen LogP contribution is -1.97. The van der Waals surface area contributed by atoms with Crippen LogP contribution in [0.3, 0.4) is 0 Å². The van der Waals surface area contributed by atoms with Crippen LogP contribution in [0.5, 0.6) is 11.5 Å². The second kappa shape index (κ2) is 8.30. The Morgan fingerprint density at radius 2 is 2.00 bits per heavy atom. The molecule has 0 fully saturated rings. The minimum Gasteiger partial charge on any atom is -0.497 e. The number of aryl methyl sites for hydroxylation is 1. The molecule has 2 aromatic carbocycles. The maximum atomic E-state index is 5.85. The minimum absolute atomic E-state index is 0.481. The van der Waals surface area contributed by atoms with Crippen molar-refractivity contribution >= 4 is 22.7 Å². The summed E-state index contributed by atoms with van der Waals surface area (Å²) in [6, 6.07) is 15.6. The van der Waals surface area contributed by atoms with Crippen LogP contribution in [-0.4, -0.2) is 18.3 Å². The molecule has 1 N–H and O–H groups in total. The number of aromatic nitrogens is 1. The number of thiazole rings is 1. The molecule has 6 heteroatoms. The third kappa shape index (κ3) is 5.06. The molecule has 0 saturated heterocycles. The van der Waals surface area contributed by atoms with Crippen LogP contribution in [0.1, 0.15) is 16.8 Å². The van der Waals surface area contributed by atoms with E-state index in [1.54, 1.807) is 13.3 Å². The zero-order valence-corrected chi connectivity index (χ0v) is 14.9. The van der Waals surface area contributed by atoms with Gasteiger partial charge in [-0.2, -0.15) is 5.10 Å². The molecule has 1 heterocycles. The molecule has 0 aliphatic heterocycles. The van der Waals surface area contributed by atoms with Gasteiger partial charge in [0.2, 0.25) is 5.13 Å². The smallest absolute Gasteiger partial charge is 0.203 e. The lowest BCUT2D eigenvalue weighted by atomic mass is 10.2. The minimum atomic E-state index is 0.481. The van der Waals surface area contributed by atoms with Gasteiger partial charge in [0, 0.05) is 5.38 Å². The third-order valence-electron chi connectivity index (χ3n) is 3.39. The predicted molar refractivity (Wildman–Crippen MR) is 102 cm³/mol. The van der Waals surface area contributed by atoms with E-state index in [1.165, 1.54) is 11.3 Å². The zero-order valence-electron chi connectivity index (χ0n) is 14.1. The highest BCUT2D eigenvalue weighted by Crippen LogP contribution is 2.18. The Morgan fingerprint density at radius 3 is 2.80 bits per heavy atom. The van der Waals surface area contributed by atoms with Crippen LogP contribution in [-0.2, 0) is 6.61 Å². The quantitative estimate of drug-likeness (QED) is 0.502. The number of ether oxygens (including phenoxy) is 2. The monoisotopic (exact) mass is 353 g/mol. The number of hydrogen-bond donors (Lipinski definition) is 1. The second-order valence-corrected chi connectivity index (χ2v) is 6.23. The summed E-state index contributed by atoms with van der Waals surface area (Å²) in [6.45, 7) is 2.43. The van der Waals surface area contributed by atoms with Crippen LogP contribution in [0.25, 0.3) is 0 Å². The van der Waals surface area contributed by atoms with Gasteiger partial charge in [-0.15, -0.1) is 11.3 Å². The van der Waals surface area contributed by atoms with Gasteiger partial charge >= 0.3 is 0 Å². The molecular weight excluding hydrogens is 334 g/mol. The van der Waals surface area contributed by atoms with E-state index in [-0.39, 0.29) is 0 Å². The van der Waals surface area contributed by atoms with Crippen molar-refractivity contribution in [2.24, 2.45) is 5.10 Å². The first kappa shape index (κ1) is 17.0. The summed E-state index contributed by atoms with van der Waals surface area (Å²) < 4.78 is 11.1. The van der Waals surface area contributed by atoms with Crippen molar-refractivity contribution in [2.75, 3.05) is 12.5 Å². The Labute approximate surface area is 151 Å². The van der Waals surface area contributed by atoms with Gasteiger partial charge in [-0.05, 0) is 42.3 Å². The molecule has 3 aromatic rings. The van der Waals surface area contributed by atoms with Crippen molar-refractivity contribution in [1.82, 2.24) is 4.98 Å². The SMILES string of the molecule is COc1cccc(COc2cccc(C=NNc3nc(C)cs3)c2)c1. The average Bonchev–Trinajstić information content (AvgIpc) is 3.06. The fourth-order valence-electron chi connectivity index (χ4n) is 2.18. The van der Waals surface area contributed by atoms with Crippen LogP contribution in [0.4, 0.5) is 5.13 Å². The summed E-state index contributed by atoms with van der Waals surface area (Å²) in [5, 5.41) is 6.96. The average molecular weight is 353 g/mol. The number of nitrogens with zero attached hydrogens (tertiary/aromatic N) is 2. The molecule has 0 amide bonds. The first-order chi connectivity index (χ1) is 12.2. The number of nitrogens with one attached hydrogen (secondary N) is 1. The maximum absolute atomic E-state index is 5.85. The zero-order chi connectivity index (χ0) is 17.5. The molecule has 0 radical (unpaired) electrons.